The summed E-state index contributed by atoms with van der Waals surface area (Å²) in [5.41, 5.74) is 0.945. The highest BCUT2D eigenvalue weighted by molar-refractivity contribution is 5.15. The highest BCUT2D eigenvalue weighted by Gasteiger charge is 2.03. The van der Waals surface area contributed by atoms with Crippen LogP contribution < -0.4 is 4.74 Å². The van der Waals surface area contributed by atoms with Crippen LogP contribution in [0.5, 0.6) is 5.88 Å². The predicted octanol–water partition coefficient (Wildman–Crippen LogP) is 0.376. The zero-order valence-corrected chi connectivity index (χ0v) is 8.18. The van der Waals surface area contributed by atoms with Crippen LogP contribution >= 0.6 is 0 Å². The molecule has 0 aliphatic rings. The van der Waals surface area contributed by atoms with Crippen molar-refractivity contribution in [2.45, 2.75) is 19.4 Å². The molecule has 1 unspecified atom stereocenters. The van der Waals surface area contributed by atoms with Crippen molar-refractivity contribution < 1.29 is 14.9 Å². The van der Waals surface area contributed by atoms with Gasteiger partial charge in [0.15, 0.2) is 0 Å². The molecule has 1 aromatic heterocycles. The number of hydrogen-bond donors (Lipinski definition) is 2. The van der Waals surface area contributed by atoms with Gasteiger partial charge in [-0.05, 0) is 12.5 Å². The maximum Gasteiger partial charge on any atom is 0.213 e. The molecule has 1 atom stereocenters. The maximum atomic E-state index is 9.04. The lowest BCUT2D eigenvalue weighted by atomic mass is 10.3. The summed E-state index contributed by atoms with van der Waals surface area (Å²) in [6.45, 7) is 1.78. The van der Waals surface area contributed by atoms with Crippen molar-refractivity contribution in [2.75, 3.05) is 13.2 Å². The average Bonchev–Trinajstić information content (AvgIpc) is 2.26. The van der Waals surface area contributed by atoms with Crippen LogP contribution in [0, 0.1) is 0 Å². The van der Waals surface area contributed by atoms with Crippen molar-refractivity contribution in [1.29, 1.82) is 0 Å². The van der Waals surface area contributed by atoms with Crippen LogP contribution in [0.25, 0.3) is 0 Å². The van der Waals surface area contributed by atoms with Gasteiger partial charge >= 0.3 is 0 Å². The third-order valence-electron chi connectivity index (χ3n) is 1.78. The quantitative estimate of drug-likeness (QED) is 0.716. The molecule has 0 aromatic carbocycles. The molecular formula is C10H15NO3. The fourth-order valence-electron chi connectivity index (χ4n) is 0.969. The van der Waals surface area contributed by atoms with Gasteiger partial charge in [0, 0.05) is 11.8 Å². The first-order chi connectivity index (χ1) is 6.76. The molecule has 0 saturated heterocycles. The molecule has 4 nitrogen and oxygen atoms in total. The summed E-state index contributed by atoms with van der Waals surface area (Å²) in [7, 11) is 0. The Kier molecular flexibility index (Phi) is 4.35. The molecule has 1 aromatic rings. The summed E-state index contributed by atoms with van der Waals surface area (Å²) in [6.07, 6.45) is 0.00168. The van der Waals surface area contributed by atoms with Gasteiger partial charge < -0.3 is 14.9 Å². The molecule has 0 fully saturated rings. The van der Waals surface area contributed by atoms with E-state index in [4.69, 9.17) is 14.9 Å². The number of rotatable bonds is 5. The third kappa shape index (κ3) is 3.32. The van der Waals surface area contributed by atoms with Gasteiger partial charge in [0.1, 0.15) is 12.7 Å². The Labute approximate surface area is 83.2 Å². The Balaban J connectivity index is 2.50. The van der Waals surface area contributed by atoms with E-state index in [9.17, 15) is 0 Å². The average molecular weight is 197 g/mol. The molecule has 1 rings (SSSR count). The molecule has 0 spiro atoms. The standard InChI is InChI=1S/C10H15NO3/c1-2-8-4-3-5-10(11-8)14-7-9(13)6-12/h3-5,9,12-13H,2,6-7H2,1H3. The van der Waals surface area contributed by atoms with Crippen molar-refractivity contribution in [1.82, 2.24) is 4.98 Å². The summed E-state index contributed by atoms with van der Waals surface area (Å²) in [5, 5.41) is 17.6. The largest absolute Gasteiger partial charge is 0.475 e. The molecule has 0 radical (unpaired) electrons. The first-order valence-corrected chi connectivity index (χ1v) is 4.64. The Morgan fingerprint density at radius 2 is 2.29 bits per heavy atom. The monoisotopic (exact) mass is 197 g/mol. The second kappa shape index (κ2) is 5.57. The highest BCUT2D eigenvalue weighted by Crippen LogP contribution is 2.08. The summed E-state index contributed by atoms with van der Waals surface area (Å²) in [5.74, 6) is 0.483. The first-order valence-electron chi connectivity index (χ1n) is 4.64. The van der Waals surface area contributed by atoms with Crippen LogP contribution in [0.3, 0.4) is 0 Å². The zero-order chi connectivity index (χ0) is 10.4. The molecule has 0 saturated carbocycles. The van der Waals surface area contributed by atoms with E-state index < -0.39 is 6.10 Å². The van der Waals surface area contributed by atoms with Gasteiger partial charge in [-0.25, -0.2) is 4.98 Å². The van der Waals surface area contributed by atoms with E-state index in [1.54, 1.807) is 6.07 Å². The van der Waals surface area contributed by atoms with E-state index in [2.05, 4.69) is 4.98 Å². The van der Waals surface area contributed by atoms with Crippen LogP contribution in [0.2, 0.25) is 0 Å². The first kappa shape index (κ1) is 10.9. The normalized spacial score (nSPS) is 12.5. The number of ether oxygens (including phenoxy) is 1. The minimum Gasteiger partial charge on any atom is -0.475 e. The molecule has 4 heteroatoms. The summed E-state index contributed by atoms with van der Waals surface area (Å²) in [6, 6.07) is 5.49. The minimum atomic E-state index is -0.845. The van der Waals surface area contributed by atoms with Gasteiger partial charge in [0.2, 0.25) is 5.88 Å². The Morgan fingerprint density at radius 3 is 2.93 bits per heavy atom. The maximum absolute atomic E-state index is 9.04. The van der Waals surface area contributed by atoms with E-state index in [1.807, 2.05) is 19.1 Å². The van der Waals surface area contributed by atoms with Crippen molar-refractivity contribution in [3.05, 3.63) is 23.9 Å². The second-order valence-electron chi connectivity index (χ2n) is 2.97. The fraction of sp³-hybridized carbons (Fsp3) is 0.500. The molecule has 0 amide bonds. The molecule has 14 heavy (non-hydrogen) atoms. The molecule has 2 N–H and O–H groups in total. The van der Waals surface area contributed by atoms with Gasteiger partial charge in [-0.3, -0.25) is 0 Å². The van der Waals surface area contributed by atoms with Crippen molar-refractivity contribution >= 4 is 0 Å². The number of aryl methyl sites for hydroxylation is 1. The molecule has 78 valence electrons. The molecule has 0 aliphatic carbocycles. The molecule has 0 aliphatic heterocycles. The number of aliphatic hydroxyl groups excluding tert-OH is 2. The predicted molar refractivity (Wildman–Crippen MR) is 52.2 cm³/mol. The third-order valence-corrected chi connectivity index (χ3v) is 1.78. The lowest BCUT2D eigenvalue weighted by Crippen LogP contribution is -2.21. The fourth-order valence-corrected chi connectivity index (χ4v) is 0.969. The van der Waals surface area contributed by atoms with Crippen molar-refractivity contribution in [3.63, 3.8) is 0 Å². The summed E-state index contributed by atoms with van der Waals surface area (Å²) < 4.78 is 5.18. The van der Waals surface area contributed by atoms with Gasteiger partial charge in [0.25, 0.3) is 0 Å². The smallest absolute Gasteiger partial charge is 0.213 e. The van der Waals surface area contributed by atoms with E-state index in [0.29, 0.717) is 5.88 Å². The number of aromatic nitrogens is 1. The van der Waals surface area contributed by atoms with Crippen LogP contribution in [0.1, 0.15) is 12.6 Å². The Morgan fingerprint density at radius 1 is 1.50 bits per heavy atom. The van der Waals surface area contributed by atoms with Crippen molar-refractivity contribution in [2.24, 2.45) is 0 Å². The number of pyridine rings is 1. The highest BCUT2D eigenvalue weighted by atomic mass is 16.5. The van der Waals surface area contributed by atoms with Crippen LogP contribution in [0.4, 0.5) is 0 Å². The Hall–Kier alpha value is -1.13. The minimum absolute atomic E-state index is 0.0661. The second-order valence-corrected chi connectivity index (χ2v) is 2.97. The van der Waals surface area contributed by atoms with Crippen LogP contribution in [-0.2, 0) is 6.42 Å². The van der Waals surface area contributed by atoms with Crippen molar-refractivity contribution in [3.8, 4) is 5.88 Å². The zero-order valence-electron chi connectivity index (χ0n) is 8.18. The number of aliphatic hydroxyl groups is 2. The van der Waals surface area contributed by atoms with Gasteiger partial charge in [-0.1, -0.05) is 13.0 Å². The van der Waals surface area contributed by atoms with Crippen LogP contribution in [-0.4, -0.2) is 34.5 Å². The van der Waals surface area contributed by atoms with Crippen LogP contribution in [0.15, 0.2) is 18.2 Å². The van der Waals surface area contributed by atoms with E-state index in [-0.39, 0.29) is 13.2 Å². The number of hydrogen-bond acceptors (Lipinski definition) is 4. The van der Waals surface area contributed by atoms with Gasteiger partial charge in [-0.2, -0.15) is 0 Å². The van der Waals surface area contributed by atoms with E-state index >= 15 is 0 Å². The molecule has 0 bridgehead atoms. The lowest BCUT2D eigenvalue weighted by molar-refractivity contribution is 0.0520. The molecular weight excluding hydrogens is 182 g/mol. The lowest BCUT2D eigenvalue weighted by Gasteiger charge is -2.09. The SMILES string of the molecule is CCc1cccc(OCC(O)CO)n1. The summed E-state index contributed by atoms with van der Waals surface area (Å²) in [4.78, 5) is 4.18. The molecule has 1 heterocycles. The Bertz CT molecular complexity index is 278. The van der Waals surface area contributed by atoms with E-state index in [0.717, 1.165) is 12.1 Å². The van der Waals surface area contributed by atoms with Gasteiger partial charge in [-0.15, -0.1) is 0 Å². The summed E-state index contributed by atoms with van der Waals surface area (Å²) >= 11 is 0. The van der Waals surface area contributed by atoms with Gasteiger partial charge in [0.05, 0.1) is 6.61 Å². The number of nitrogens with zero attached hydrogens (tertiary/aromatic N) is 1. The topological polar surface area (TPSA) is 62.6 Å². The van der Waals surface area contributed by atoms with E-state index in [1.165, 1.54) is 0 Å².